The zero-order valence-corrected chi connectivity index (χ0v) is 15.2. The molecular weight excluding hydrogens is 288 g/mol. The zero-order valence-electron chi connectivity index (χ0n) is 15.2. The maximum absolute atomic E-state index is 11.8. The van der Waals surface area contributed by atoms with E-state index in [1.807, 2.05) is 6.92 Å². The first-order valence-electron chi connectivity index (χ1n) is 8.65. The highest BCUT2D eigenvalue weighted by atomic mass is 16.2. The fourth-order valence-corrected chi connectivity index (χ4v) is 3.16. The van der Waals surface area contributed by atoms with Gasteiger partial charge in [0.15, 0.2) is 0 Å². The van der Waals surface area contributed by atoms with Crippen LogP contribution in [-0.4, -0.2) is 58.9 Å². The van der Waals surface area contributed by atoms with Crippen LogP contribution in [0.3, 0.4) is 0 Å². The van der Waals surface area contributed by atoms with Gasteiger partial charge in [-0.1, -0.05) is 0 Å². The Bertz CT molecular complexity index is 534. The molecule has 0 aromatic carbocycles. The molecule has 1 fully saturated rings. The molecule has 2 heterocycles. The summed E-state index contributed by atoms with van der Waals surface area (Å²) >= 11 is 0. The van der Waals surface area contributed by atoms with Crippen LogP contribution in [-0.2, 0) is 11.2 Å². The van der Waals surface area contributed by atoms with E-state index in [1.54, 1.807) is 19.0 Å². The average molecular weight is 318 g/mol. The summed E-state index contributed by atoms with van der Waals surface area (Å²) in [5.74, 6) is 1.49. The van der Waals surface area contributed by atoms with Crippen LogP contribution in [0.1, 0.15) is 56.2 Å². The van der Waals surface area contributed by atoms with Crippen molar-refractivity contribution in [3.8, 4) is 0 Å². The Morgan fingerprint density at radius 2 is 1.96 bits per heavy atom. The van der Waals surface area contributed by atoms with E-state index in [2.05, 4.69) is 34.8 Å². The second kappa shape index (κ2) is 7.86. The van der Waals surface area contributed by atoms with E-state index < -0.39 is 0 Å². The smallest absolute Gasteiger partial charge is 0.222 e. The molecule has 1 aromatic rings. The summed E-state index contributed by atoms with van der Waals surface area (Å²) in [5.41, 5.74) is 2.15. The van der Waals surface area contributed by atoms with E-state index in [-0.39, 0.29) is 5.91 Å². The van der Waals surface area contributed by atoms with Gasteiger partial charge < -0.3 is 9.80 Å². The van der Waals surface area contributed by atoms with Crippen LogP contribution in [0.2, 0.25) is 0 Å². The predicted molar refractivity (Wildman–Crippen MR) is 92.5 cm³/mol. The van der Waals surface area contributed by atoms with Crippen molar-refractivity contribution in [2.45, 2.75) is 58.4 Å². The third-order valence-corrected chi connectivity index (χ3v) is 4.68. The van der Waals surface area contributed by atoms with Crippen LogP contribution in [0, 0.1) is 6.92 Å². The molecule has 0 N–H and O–H groups in total. The molecule has 1 aliphatic rings. The maximum Gasteiger partial charge on any atom is 0.222 e. The van der Waals surface area contributed by atoms with Gasteiger partial charge in [0, 0.05) is 43.9 Å². The molecule has 1 saturated heterocycles. The molecule has 0 spiro atoms. The molecule has 5 heteroatoms. The average Bonchev–Trinajstić information content (AvgIpc) is 2.52. The number of carbonyl (C=O) groups excluding carboxylic acids is 1. The first-order valence-corrected chi connectivity index (χ1v) is 8.65. The minimum atomic E-state index is 0.146. The van der Waals surface area contributed by atoms with Gasteiger partial charge in [-0.15, -0.1) is 0 Å². The molecule has 0 atom stereocenters. The number of amides is 1. The Kier molecular flexibility index (Phi) is 6.10. The maximum atomic E-state index is 11.8. The Morgan fingerprint density at radius 1 is 1.30 bits per heavy atom. The minimum Gasteiger partial charge on any atom is -0.349 e. The molecule has 0 aliphatic carbocycles. The van der Waals surface area contributed by atoms with Crippen molar-refractivity contribution in [3.63, 3.8) is 0 Å². The highest BCUT2D eigenvalue weighted by Gasteiger charge is 2.23. The third-order valence-electron chi connectivity index (χ3n) is 4.68. The van der Waals surface area contributed by atoms with E-state index in [9.17, 15) is 4.79 Å². The van der Waals surface area contributed by atoms with Crippen molar-refractivity contribution in [3.05, 3.63) is 23.3 Å². The van der Waals surface area contributed by atoms with Crippen LogP contribution >= 0.6 is 0 Å². The molecule has 1 aliphatic heterocycles. The van der Waals surface area contributed by atoms with Crippen molar-refractivity contribution in [1.82, 2.24) is 19.8 Å². The Morgan fingerprint density at radius 3 is 2.52 bits per heavy atom. The minimum absolute atomic E-state index is 0.146. The normalized spacial score (nSPS) is 16.8. The number of carbonyl (C=O) groups is 1. The van der Waals surface area contributed by atoms with E-state index in [0.29, 0.717) is 24.8 Å². The fourth-order valence-electron chi connectivity index (χ4n) is 3.16. The lowest BCUT2D eigenvalue weighted by atomic mass is 9.92. The molecule has 128 valence electrons. The molecule has 1 amide bonds. The van der Waals surface area contributed by atoms with Crippen molar-refractivity contribution in [2.75, 3.05) is 27.2 Å². The number of hydrogen-bond donors (Lipinski definition) is 0. The van der Waals surface area contributed by atoms with E-state index in [1.165, 1.54) is 0 Å². The van der Waals surface area contributed by atoms with E-state index in [4.69, 9.17) is 0 Å². The van der Waals surface area contributed by atoms with Gasteiger partial charge >= 0.3 is 0 Å². The summed E-state index contributed by atoms with van der Waals surface area (Å²) in [5, 5.41) is 0. The number of rotatable bonds is 5. The van der Waals surface area contributed by atoms with Gasteiger partial charge in [0.05, 0.1) is 0 Å². The van der Waals surface area contributed by atoms with Crippen LogP contribution in [0.4, 0.5) is 0 Å². The van der Waals surface area contributed by atoms with E-state index in [0.717, 1.165) is 43.1 Å². The van der Waals surface area contributed by atoms with Crippen molar-refractivity contribution < 1.29 is 4.79 Å². The largest absolute Gasteiger partial charge is 0.349 e. The van der Waals surface area contributed by atoms with Crippen LogP contribution < -0.4 is 0 Å². The van der Waals surface area contributed by atoms with Gasteiger partial charge in [-0.3, -0.25) is 4.79 Å². The molecule has 0 unspecified atom stereocenters. The molecule has 23 heavy (non-hydrogen) atoms. The first-order chi connectivity index (χ1) is 10.9. The monoisotopic (exact) mass is 318 g/mol. The third kappa shape index (κ3) is 4.99. The molecule has 0 radical (unpaired) electrons. The molecule has 0 bridgehead atoms. The van der Waals surface area contributed by atoms with Crippen molar-refractivity contribution in [2.24, 2.45) is 0 Å². The lowest BCUT2D eigenvalue weighted by Gasteiger charge is -2.34. The Hall–Kier alpha value is -1.49. The number of hydrogen-bond acceptors (Lipinski definition) is 4. The van der Waals surface area contributed by atoms with Gasteiger partial charge in [0.25, 0.3) is 0 Å². The SMILES string of the molecule is Cc1nc(CCC(=O)N(C)C)cc(C2CCN(C(C)C)CC2)n1. The number of aromatic nitrogens is 2. The summed E-state index contributed by atoms with van der Waals surface area (Å²) in [4.78, 5) is 25.1. The molecule has 0 saturated carbocycles. The van der Waals surface area contributed by atoms with Crippen LogP contribution in [0.15, 0.2) is 6.07 Å². The van der Waals surface area contributed by atoms with Crippen molar-refractivity contribution >= 4 is 5.91 Å². The highest BCUT2D eigenvalue weighted by Crippen LogP contribution is 2.28. The van der Waals surface area contributed by atoms with Gasteiger partial charge in [-0.2, -0.15) is 0 Å². The number of aryl methyl sites for hydroxylation is 2. The first kappa shape index (κ1) is 17.9. The number of likely N-dealkylation sites (tertiary alicyclic amines) is 1. The summed E-state index contributed by atoms with van der Waals surface area (Å²) in [6.07, 6.45) is 3.52. The lowest BCUT2D eigenvalue weighted by Crippen LogP contribution is -2.38. The van der Waals surface area contributed by atoms with Gasteiger partial charge in [-0.25, -0.2) is 9.97 Å². The van der Waals surface area contributed by atoms with Gasteiger partial charge in [0.2, 0.25) is 5.91 Å². The Labute approximate surface area is 140 Å². The quantitative estimate of drug-likeness (QED) is 0.836. The van der Waals surface area contributed by atoms with Gasteiger partial charge in [-0.05, 0) is 59.2 Å². The van der Waals surface area contributed by atoms with Crippen LogP contribution in [0.5, 0.6) is 0 Å². The summed E-state index contributed by atoms with van der Waals surface area (Å²) < 4.78 is 0. The number of piperidine rings is 1. The van der Waals surface area contributed by atoms with Gasteiger partial charge in [0.1, 0.15) is 5.82 Å². The standard InChI is InChI=1S/C18H30N4O/c1-13(2)22-10-8-15(9-11-22)17-12-16(19-14(3)20-17)6-7-18(23)21(4)5/h12-13,15H,6-11H2,1-5H3. The highest BCUT2D eigenvalue weighted by molar-refractivity contribution is 5.75. The molecule has 5 nitrogen and oxygen atoms in total. The lowest BCUT2D eigenvalue weighted by molar-refractivity contribution is -0.128. The van der Waals surface area contributed by atoms with E-state index >= 15 is 0 Å². The summed E-state index contributed by atoms with van der Waals surface area (Å²) in [6.45, 7) is 8.74. The number of nitrogens with zero attached hydrogens (tertiary/aromatic N) is 4. The molecular formula is C18H30N4O. The summed E-state index contributed by atoms with van der Waals surface area (Å²) in [7, 11) is 3.59. The molecule has 1 aromatic heterocycles. The molecule has 2 rings (SSSR count). The topological polar surface area (TPSA) is 49.3 Å². The predicted octanol–water partition coefficient (Wildman–Crippen LogP) is 2.39. The summed E-state index contributed by atoms with van der Waals surface area (Å²) in [6, 6.07) is 2.74. The second-order valence-electron chi connectivity index (χ2n) is 7.02. The second-order valence-corrected chi connectivity index (χ2v) is 7.02. The zero-order chi connectivity index (χ0) is 17.0. The van der Waals surface area contributed by atoms with Crippen molar-refractivity contribution in [1.29, 1.82) is 0 Å². The fraction of sp³-hybridized carbons (Fsp3) is 0.722. The Balaban J connectivity index is 2.02. The van der Waals surface area contributed by atoms with Crippen LogP contribution in [0.25, 0.3) is 0 Å².